The Kier molecular flexibility index (Phi) is 2.58. The van der Waals surface area contributed by atoms with E-state index >= 15 is 0 Å². The van der Waals surface area contributed by atoms with Crippen LogP contribution in [0.3, 0.4) is 0 Å². The zero-order valence-electron chi connectivity index (χ0n) is 11.5. The molecule has 2 aromatic carbocycles. The molecule has 2 nitrogen and oxygen atoms in total. The normalized spacial score (nSPS) is 15.2. The number of aliphatic carboxylic acids is 1. The predicted molar refractivity (Wildman–Crippen MR) is 83.8 cm³/mol. The summed E-state index contributed by atoms with van der Waals surface area (Å²) in [6.45, 7) is 0. The van der Waals surface area contributed by atoms with Crippen molar-refractivity contribution in [2.75, 3.05) is 0 Å². The molecule has 0 unspecified atom stereocenters. The second kappa shape index (κ2) is 4.45. The van der Waals surface area contributed by atoms with Gasteiger partial charge < -0.3 is 5.11 Å². The molecule has 2 heteroatoms. The zero-order valence-corrected chi connectivity index (χ0v) is 11.5. The fourth-order valence-electron chi connectivity index (χ4n) is 3.35. The number of allylic oxidation sites excluding steroid dienone is 1. The van der Waals surface area contributed by atoms with Gasteiger partial charge in [0.15, 0.2) is 0 Å². The summed E-state index contributed by atoms with van der Waals surface area (Å²) in [6.07, 6.45) is 5.74. The van der Waals surface area contributed by atoms with Crippen molar-refractivity contribution in [1.29, 1.82) is 0 Å². The Bertz CT molecular complexity index is 825. The predicted octanol–water partition coefficient (Wildman–Crippen LogP) is 4.16. The molecule has 21 heavy (non-hydrogen) atoms. The molecule has 2 aromatic rings. The number of carbonyl (C=O) groups is 1. The maximum absolute atomic E-state index is 11.7. The van der Waals surface area contributed by atoms with Gasteiger partial charge >= 0.3 is 5.97 Å². The van der Waals surface area contributed by atoms with Gasteiger partial charge in [-0.25, -0.2) is 4.79 Å². The second-order valence-corrected chi connectivity index (χ2v) is 5.45. The molecule has 0 amide bonds. The van der Waals surface area contributed by atoms with Gasteiger partial charge in [0.25, 0.3) is 0 Å². The van der Waals surface area contributed by atoms with Gasteiger partial charge in [0, 0.05) is 0 Å². The molecule has 0 radical (unpaired) electrons. The highest BCUT2D eigenvalue weighted by atomic mass is 16.4. The van der Waals surface area contributed by atoms with Crippen LogP contribution in [0.15, 0.2) is 54.1 Å². The third-order valence-corrected chi connectivity index (χ3v) is 4.25. The van der Waals surface area contributed by atoms with Gasteiger partial charge in [0.2, 0.25) is 0 Å². The number of fused-ring (bicyclic) bond motifs is 2. The lowest BCUT2D eigenvalue weighted by molar-refractivity contribution is -0.132. The first kappa shape index (κ1) is 12.2. The average molecular weight is 274 g/mol. The van der Waals surface area contributed by atoms with Gasteiger partial charge in [-0.05, 0) is 52.3 Å². The van der Waals surface area contributed by atoms with Crippen LogP contribution in [0.2, 0.25) is 0 Å². The fraction of sp³-hybridized carbons (Fsp3) is 0.105. The number of carboxylic acid groups (broad SMARTS) is 1. The average Bonchev–Trinajstić information content (AvgIpc) is 2.65. The Morgan fingerprint density at radius 3 is 2.67 bits per heavy atom. The fourth-order valence-corrected chi connectivity index (χ4v) is 3.35. The summed E-state index contributed by atoms with van der Waals surface area (Å²) < 4.78 is 0. The van der Waals surface area contributed by atoms with E-state index in [0.29, 0.717) is 5.57 Å². The first-order valence-electron chi connectivity index (χ1n) is 7.13. The Labute approximate surface area is 123 Å². The monoisotopic (exact) mass is 274 g/mol. The lowest BCUT2D eigenvalue weighted by Gasteiger charge is -2.20. The summed E-state index contributed by atoms with van der Waals surface area (Å²) in [5.41, 5.74) is 6.83. The van der Waals surface area contributed by atoms with E-state index in [-0.39, 0.29) is 0 Å². The number of hydrogen-bond acceptors (Lipinski definition) is 1. The zero-order chi connectivity index (χ0) is 14.4. The molecule has 0 saturated carbocycles. The summed E-state index contributed by atoms with van der Waals surface area (Å²) in [6, 6.07) is 14.3. The van der Waals surface area contributed by atoms with Crippen LogP contribution in [0.1, 0.15) is 23.1 Å². The van der Waals surface area contributed by atoms with Crippen molar-refractivity contribution >= 4 is 17.6 Å². The maximum atomic E-state index is 11.7. The first-order valence-corrected chi connectivity index (χ1v) is 7.13. The van der Waals surface area contributed by atoms with Crippen LogP contribution in [-0.4, -0.2) is 11.1 Å². The van der Waals surface area contributed by atoms with Gasteiger partial charge in [-0.15, -0.1) is 0 Å². The van der Waals surface area contributed by atoms with E-state index in [0.717, 1.165) is 40.7 Å². The van der Waals surface area contributed by atoms with E-state index in [1.165, 1.54) is 5.56 Å². The molecule has 102 valence electrons. The van der Waals surface area contributed by atoms with Gasteiger partial charge in [-0.3, -0.25) is 0 Å². The molecule has 0 spiro atoms. The maximum Gasteiger partial charge on any atom is 0.336 e. The molecule has 0 fully saturated rings. The van der Waals surface area contributed by atoms with E-state index in [4.69, 9.17) is 0 Å². The van der Waals surface area contributed by atoms with Crippen molar-refractivity contribution in [2.45, 2.75) is 12.8 Å². The highest BCUT2D eigenvalue weighted by molar-refractivity contribution is 6.14. The Morgan fingerprint density at radius 1 is 1.00 bits per heavy atom. The second-order valence-electron chi connectivity index (χ2n) is 5.45. The number of hydrogen-bond donors (Lipinski definition) is 1. The van der Waals surface area contributed by atoms with Crippen molar-refractivity contribution in [3.05, 3.63) is 70.8 Å². The van der Waals surface area contributed by atoms with Crippen LogP contribution in [0.25, 0.3) is 22.8 Å². The topological polar surface area (TPSA) is 37.3 Å². The Hall–Kier alpha value is -2.61. The molecular weight excluding hydrogens is 260 g/mol. The Balaban J connectivity index is 2.15. The molecule has 0 aromatic heterocycles. The summed E-state index contributed by atoms with van der Waals surface area (Å²) in [5, 5.41) is 9.62. The molecule has 0 heterocycles. The van der Waals surface area contributed by atoms with Gasteiger partial charge in [-0.2, -0.15) is 0 Å². The van der Waals surface area contributed by atoms with Gasteiger partial charge in [0.1, 0.15) is 0 Å². The standard InChI is InChI=1S/C19H14O2/c20-19(21)17-11-13-5-1-2-8-14(13)15-9-3-6-12-7-4-10-16(17)18(12)15/h1-3,5-6,8-11H,4,7H2,(H,20,21). The number of aryl methyl sites for hydroxylation is 1. The van der Waals surface area contributed by atoms with Crippen molar-refractivity contribution in [3.63, 3.8) is 0 Å². The third-order valence-electron chi connectivity index (χ3n) is 4.25. The number of carboxylic acids is 1. The van der Waals surface area contributed by atoms with Crippen molar-refractivity contribution in [1.82, 2.24) is 0 Å². The molecule has 0 atom stereocenters. The highest BCUT2D eigenvalue weighted by Crippen LogP contribution is 2.43. The minimum atomic E-state index is -0.861. The van der Waals surface area contributed by atoms with E-state index in [1.807, 2.05) is 18.2 Å². The van der Waals surface area contributed by atoms with Crippen LogP contribution in [0, 0.1) is 0 Å². The largest absolute Gasteiger partial charge is 0.478 e. The van der Waals surface area contributed by atoms with E-state index < -0.39 is 5.97 Å². The van der Waals surface area contributed by atoms with E-state index in [2.05, 4.69) is 30.3 Å². The summed E-state index contributed by atoms with van der Waals surface area (Å²) >= 11 is 0. The third kappa shape index (κ3) is 1.76. The molecule has 2 aliphatic carbocycles. The summed E-state index contributed by atoms with van der Waals surface area (Å²) in [5.74, 6) is -0.861. The molecule has 1 N–H and O–H groups in total. The Morgan fingerprint density at radius 2 is 1.81 bits per heavy atom. The summed E-state index contributed by atoms with van der Waals surface area (Å²) in [7, 11) is 0. The van der Waals surface area contributed by atoms with Crippen molar-refractivity contribution in [2.24, 2.45) is 0 Å². The molecule has 4 rings (SSSR count). The number of rotatable bonds is 1. The molecule has 0 bridgehead atoms. The molecule has 0 saturated heterocycles. The highest BCUT2D eigenvalue weighted by Gasteiger charge is 2.26. The smallest absolute Gasteiger partial charge is 0.336 e. The van der Waals surface area contributed by atoms with Crippen LogP contribution < -0.4 is 0 Å². The molecule has 0 aliphatic heterocycles. The van der Waals surface area contributed by atoms with Gasteiger partial charge in [-0.1, -0.05) is 48.5 Å². The van der Waals surface area contributed by atoms with Crippen molar-refractivity contribution < 1.29 is 9.90 Å². The van der Waals surface area contributed by atoms with Crippen molar-refractivity contribution in [3.8, 4) is 11.1 Å². The van der Waals surface area contributed by atoms with Crippen LogP contribution in [0.5, 0.6) is 0 Å². The van der Waals surface area contributed by atoms with Gasteiger partial charge in [0.05, 0.1) is 5.57 Å². The molecule has 2 aliphatic rings. The van der Waals surface area contributed by atoms with Crippen LogP contribution in [0.4, 0.5) is 0 Å². The van der Waals surface area contributed by atoms with E-state index in [9.17, 15) is 9.90 Å². The SMILES string of the molecule is O=C(O)C1=Cc2ccccc2-c2cccc3c2C1=CCC3. The minimum Gasteiger partial charge on any atom is -0.478 e. The van der Waals surface area contributed by atoms with E-state index in [1.54, 1.807) is 6.08 Å². The molecular formula is C19H14O2. The lowest BCUT2D eigenvalue weighted by Crippen LogP contribution is -2.08. The minimum absolute atomic E-state index is 0.397. The number of benzene rings is 2. The first-order chi connectivity index (χ1) is 10.3. The van der Waals surface area contributed by atoms with Crippen LogP contribution in [-0.2, 0) is 11.2 Å². The van der Waals surface area contributed by atoms with Crippen LogP contribution >= 0.6 is 0 Å². The summed E-state index contributed by atoms with van der Waals surface area (Å²) in [4.78, 5) is 11.7. The quantitative estimate of drug-likeness (QED) is 0.847. The lowest BCUT2D eigenvalue weighted by atomic mass is 9.83.